The van der Waals surface area contributed by atoms with Gasteiger partial charge in [0.1, 0.15) is 0 Å². The number of ether oxygens (including phenoxy) is 1. The number of likely N-dealkylation sites (tertiary alicyclic amines) is 1. The third-order valence-corrected chi connectivity index (χ3v) is 5.49. The molecule has 0 saturated carbocycles. The Kier molecular flexibility index (Phi) is 4.50. The van der Waals surface area contributed by atoms with E-state index < -0.39 is 0 Å². The molecule has 1 aromatic rings. The minimum Gasteiger partial charge on any atom is -0.424 e. The normalized spacial score (nSPS) is 26.3. The quantitative estimate of drug-likeness (QED) is 0.850. The molecule has 0 bridgehead atoms. The van der Waals surface area contributed by atoms with E-state index in [0.717, 1.165) is 51.2 Å². The number of allylic oxidation sites excluding steroid dienone is 1. The van der Waals surface area contributed by atoms with Crippen molar-refractivity contribution in [1.82, 2.24) is 20.4 Å². The fraction of sp³-hybridized carbons (Fsp3) is 0.722. The molecule has 1 aliphatic carbocycles. The van der Waals surface area contributed by atoms with Crippen LogP contribution in [0.5, 0.6) is 0 Å². The van der Waals surface area contributed by atoms with Crippen molar-refractivity contribution < 1.29 is 13.9 Å². The van der Waals surface area contributed by atoms with E-state index in [1.165, 1.54) is 0 Å². The SMILES string of the molecule is CC1(c2nnc(C3CCOCC3)o2)CN(C(=O)NC2CC=CCC2)C1. The van der Waals surface area contributed by atoms with Crippen molar-refractivity contribution in [2.45, 2.75) is 56.4 Å². The zero-order chi connectivity index (χ0) is 17.3. The maximum absolute atomic E-state index is 12.4. The lowest BCUT2D eigenvalue weighted by atomic mass is 9.82. The van der Waals surface area contributed by atoms with Crippen LogP contribution in [0.15, 0.2) is 16.6 Å². The summed E-state index contributed by atoms with van der Waals surface area (Å²) in [5, 5.41) is 11.6. The largest absolute Gasteiger partial charge is 0.424 e. The first kappa shape index (κ1) is 16.6. The lowest BCUT2D eigenvalue weighted by molar-refractivity contribution is 0.0709. The third kappa shape index (κ3) is 3.42. The van der Waals surface area contributed by atoms with Gasteiger partial charge in [-0.2, -0.15) is 0 Å². The maximum atomic E-state index is 12.4. The number of hydrogen-bond acceptors (Lipinski definition) is 5. The molecule has 1 unspecified atom stereocenters. The summed E-state index contributed by atoms with van der Waals surface area (Å²) < 4.78 is 11.3. The summed E-state index contributed by atoms with van der Waals surface area (Å²) in [4.78, 5) is 14.2. The van der Waals surface area contributed by atoms with Crippen LogP contribution in [0.2, 0.25) is 0 Å². The van der Waals surface area contributed by atoms with Gasteiger partial charge in [-0.3, -0.25) is 0 Å². The highest BCUT2D eigenvalue weighted by Crippen LogP contribution is 2.35. The van der Waals surface area contributed by atoms with Crippen LogP contribution < -0.4 is 5.32 Å². The van der Waals surface area contributed by atoms with Gasteiger partial charge in [0.25, 0.3) is 0 Å². The van der Waals surface area contributed by atoms with Gasteiger partial charge in [0.15, 0.2) is 0 Å². The molecule has 25 heavy (non-hydrogen) atoms. The van der Waals surface area contributed by atoms with Crippen LogP contribution in [0.1, 0.15) is 56.7 Å². The number of aromatic nitrogens is 2. The van der Waals surface area contributed by atoms with E-state index in [9.17, 15) is 4.79 Å². The summed E-state index contributed by atoms with van der Waals surface area (Å²) in [6.45, 7) is 4.84. The Bertz CT molecular complexity index is 645. The lowest BCUT2D eigenvalue weighted by Gasteiger charge is -2.45. The molecular formula is C18H26N4O3. The van der Waals surface area contributed by atoms with Crippen molar-refractivity contribution in [3.05, 3.63) is 23.9 Å². The van der Waals surface area contributed by atoms with Crippen molar-refractivity contribution in [1.29, 1.82) is 0 Å². The second-order valence-corrected chi connectivity index (χ2v) is 7.68. The summed E-state index contributed by atoms with van der Waals surface area (Å²) in [6.07, 6.45) is 9.17. The Morgan fingerprint density at radius 2 is 2.04 bits per heavy atom. The Balaban J connectivity index is 1.32. The lowest BCUT2D eigenvalue weighted by Crippen LogP contribution is -2.62. The molecule has 1 aromatic heterocycles. The molecule has 7 nitrogen and oxygen atoms in total. The summed E-state index contributed by atoms with van der Waals surface area (Å²) >= 11 is 0. The van der Waals surface area contributed by atoms with Crippen molar-refractivity contribution in [3.63, 3.8) is 0 Å². The van der Waals surface area contributed by atoms with Crippen LogP contribution in [-0.4, -0.2) is 53.5 Å². The number of nitrogens with zero attached hydrogens (tertiary/aromatic N) is 3. The van der Waals surface area contributed by atoms with E-state index in [1.807, 2.05) is 4.90 Å². The Hall–Kier alpha value is -1.89. The van der Waals surface area contributed by atoms with E-state index in [4.69, 9.17) is 9.15 Å². The van der Waals surface area contributed by atoms with Gasteiger partial charge in [-0.25, -0.2) is 4.79 Å². The number of hydrogen-bond donors (Lipinski definition) is 1. The highest BCUT2D eigenvalue weighted by atomic mass is 16.5. The smallest absolute Gasteiger partial charge is 0.317 e. The van der Waals surface area contributed by atoms with Crippen LogP contribution in [-0.2, 0) is 10.2 Å². The molecule has 1 atom stereocenters. The van der Waals surface area contributed by atoms with Crippen molar-refractivity contribution >= 4 is 6.03 Å². The molecule has 3 heterocycles. The zero-order valence-corrected chi connectivity index (χ0v) is 14.7. The van der Waals surface area contributed by atoms with Crippen LogP contribution in [0, 0.1) is 0 Å². The minimum absolute atomic E-state index is 0.0157. The van der Waals surface area contributed by atoms with Gasteiger partial charge in [-0.1, -0.05) is 12.2 Å². The number of carbonyl (C=O) groups excluding carboxylic acids is 1. The molecule has 136 valence electrons. The molecular weight excluding hydrogens is 320 g/mol. The summed E-state index contributed by atoms with van der Waals surface area (Å²) in [7, 11) is 0. The number of nitrogens with one attached hydrogen (secondary N) is 1. The van der Waals surface area contributed by atoms with E-state index in [-0.39, 0.29) is 17.5 Å². The molecule has 2 fully saturated rings. The monoisotopic (exact) mass is 346 g/mol. The van der Waals surface area contributed by atoms with Crippen molar-refractivity contribution in [2.24, 2.45) is 0 Å². The van der Waals surface area contributed by atoms with Gasteiger partial charge in [0, 0.05) is 38.3 Å². The van der Waals surface area contributed by atoms with Gasteiger partial charge in [0.2, 0.25) is 11.8 Å². The minimum atomic E-state index is -0.236. The first-order chi connectivity index (χ1) is 12.1. The Morgan fingerprint density at radius 1 is 1.24 bits per heavy atom. The van der Waals surface area contributed by atoms with Gasteiger partial charge >= 0.3 is 6.03 Å². The van der Waals surface area contributed by atoms with Crippen molar-refractivity contribution in [2.75, 3.05) is 26.3 Å². The fourth-order valence-corrected chi connectivity index (χ4v) is 3.85. The highest BCUT2D eigenvalue weighted by Gasteiger charge is 2.47. The second kappa shape index (κ2) is 6.78. The molecule has 2 aliphatic heterocycles. The standard InChI is InChI=1S/C18H26N4O3/c1-18(16-21-20-15(25-16)13-7-9-24-10-8-13)11-22(12-18)17(23)19-14-5-3-2-4-6-14/h2-3,13-14H,4-12H2,1H3,(H,19,23). The Morgan fingerprint density at radius 3 is 2.76 bits per heavy atom. The molecule has 0 radical (unpaired) electrons. The second-order valence-electron chi connectivity index (χ2n) is 7.68. The van der Waals surface area contributed by atoms with Gasteiger partial charge in [-0.15, -0.1) is 10.2 Å². The Labute approximate surface area is 147 Å². The number of amides is 2. The van der Waals surface area contributed by atoms with Crippen LogP contribution >= 0.6 is 0 Å². The van der Waals surface area contributed by atoms with E-state index in [2.05, 4.69) is 34.6 Å². The van der Waals surface area contributed by atoms with Crippen LogP contribution in [0.25, 0.3) is 0 Å². The average molecular weight is 346 g/mol. The predicted octanol–water partition coefficient (Wildman–Crippen LogP) is 2.36. The van der Waals surface area contributed by atoms with E-state index in [0.29, 0.717) is 24.9 Å². The summed E-state index contributed by atoms with van der Waals surface area (Å²) in [5.41, 5.74) is -0.236. The molecule has 4 rings (SSSR count). The fourth-order valence-electron chi connectivity index (χ4n) is 3.85. The summed E-state index contributed by atoms with van der Waals surface area (Å²) in [5.74, 6) is 1.67. The number of urea groups is 1. The van der Waals surface area contributed by atoms with E-state index >= 15 is 0 Å². The first-order valence-corrected chi connectivity index (χ1v) is 9.26. The first-order valence-electron chi connectivity index (χ1n) is 9.26. The van der Waals surface area contributed by atoms with Gasteiger partial charge in [0.05, 0.1) is 5.41 Å². The van der Waals surface area contributed by atoms with Crippen LogP contribution in [0.4, 0.5) is 4.79 Å². The number of rotatable bonds is 3. The molecule has 1 N–H and O–H groups in total. The number of carbonyl (C=O) groups is 1. The molecule has 3 aliphatic rings. The maximum Gasteiger partial charge on any atom is 0.317 e. The van der Waals surface area contributed by atoms with Crippen LogP contribution in [0.3, 0.4) is 0 Å². The zero-order valence-electron chi connectivity index (χ0n) is 14.7. The topological polar surface area (TPSA) is 80.5 Å². The molecule has 2 amide bonds. The molecule has 2 saturated heterocycles. The van der Waals surface area contributed by atoms with E-state index in [1.54, 1.807) is 0 Å². The molecule has 0 aromatic carbocycles. The average Bonchev–Trinajstić information content (AvgIpc) is 3.11. The van der Waals surface area contributed by atoms with Gasteiger partial charge < -0.3 is 19.4 Å². The predicted molar refractivity (Wildman–Crippen MR) is 91.3 cm³/mol. The summed E-state index contributed by atoms with van der Waals surface area (Å²) in [6, 6.07) is 0.273. The van der Waals surface area contributed by atoms with Crippen molar-refractivity contribution in [3.8, 4) is 0 Å². The molecule has 0 spiro atoms. The third-order valence-electron chi connectivity index (χ3n) is 5.49. The van der Waals surface area contributed by atoms with Gasteiger partial charge in [-0.05, 0) is 39.0 Å². The molecule has 7 heteroatoms. The highest BCUT2D eigenvalue weighted by molar-refractivity contribution is 5.76.